The van der Waals surface area contributed by atoms with Crippen LogP contribution in [0.1, 0.15) is 84.4 Å². The number of fused-ring (bicyclic) bond motifs is 8. The fraction of sp³-hybridized carbons (Fsp3) is 0.268. The van der Waals surface area contributed by atoms with Gasteiger partial charge in [0.2, 0.25) is 0 Å². The predicted octanol–water partition coefficient (Wildman–Crippen LogP) is 10.6. The van der Waals surface area contributed by atoms with Gasteiger partial charge in [0.25, 0.3) is 0 Å². The molecule has 208 valence electrons. The molecule has 2 heterocycles. The lowest BCUT2D eigenvalue weighted by Crippen LogP contribution is -2.14. The van der Waals surface area contributed by atoms with Gasteiger partial charge in [-0.2, -0.15) is 0 Å². The third kappa shape index (κ3) is 3.62. The molecule has 1 heteroatoms. The second kappa shape index (κ2) is 8.95. The summed E-state index contributed by atoms with van der Waals surface area (Å²) in [6, 6.07) is 28.8. The molecule has 0 amide bonds. The molecule has 1 nitrogen and oxygen atoms in total. The van der Waals surface area contributed by atoms with Crippen molar-refractivity contribution in [2.45, 2.75) is 72.6 Å². The molecule has 1 aliphatic carbocycles. The molecule has 42 heavy (non-hydrogen) atoms. The summed E-state index contributed by atoms with van der Waals surface area (Å²) in [6.07, 6.45) is 3.62. The minimum atomic E-state index is 0.353. The highest BCUT2D eigenvalue weighted by molar-refractivity contribution is 6.10. The Kier molecular flexibility index (Phi) is 5.45. The SMILES string of the molecule is Cc1cc(C2C=c3c4cc5cc(C(C)C)ccc5cc4n4c3c(c3cc5cc(C(C)C)ccc5cc34)C2)cc(C)c1C. The smallest absolute Gasteiger partial charge is 0.0577 e. The van der Waals surface area contributed by atoms with Gasteiger partial charge in [-0.3, -0.25) is 0 Å². The van der Waals surface area contributed by atoms with Crippen LogP contribution in [0, 0.1) is 20.8 Å². The van der Waals surface area contributed by atoms with E-state index >= 15 is 0 Å². The van der Waals surface area contributed by atoms with Gasteiger partial charge in [0.05, 0.1) is 16.6 Å². The van der Waals surface area contributed by atoms with E-state index in [4.69, 9.17) is 0 Å². The fourth-order valence-corrected chi connectivity index (χ4v) is 7.55. The fourth-order valence-electron chi connectivity index (χ4n) is 7.55. The van der Waals surface area contributed by atoms with Crippen LogP contribution in [0.15, 0.2) is 72.8 Å². The first kappa shape index (κ1) is 25.6. The van der Waals surface area contributed by atoms with Crippen LogP contribution < -0.4 is 5.22 Å². The maximum Gasteiger partial charge on any atom is 0.0577 e. The van der Waals surface area contributed by atoms with Gasteiger partial charge < -0.3 is 4.40 Å². The number of rotatable bonds is 3. The number of hydrogen-bond acceptors (Lipinski definition) is 0. The molecule has 0 aliphatic heterocycles. The summed E-state index contributed by atoms with van der Waals surface area (Å²) in [5, 5.41) is 9.53. The summed E-state index contributed by atoms with van der Waals surface area (Å²) in [7, 11) is 0. The van der Waals surface area contributed by atoms with Gasteiger partial charge in [-0.1, -0.05) is 82.3 Å². The highest BCUT2D eigenvalue weighted by atomic mass is 14.9. The largest absolute Gasteiger partial charge is 0.308 e. The Morgan fingerprint density at radius 3 is 1.74 bits per heavy atom. The van der Waals surface area contributed by atoms with Crippen molar-refractivity contribution in [3.05, 3.63) is 117 Å². The number of benzene rings is 5. The van der Waals surface area contributed by atoms with E-state index in [0.29, 0.717) is 17.8 Å². The monoisotopic (exact) mass is 545 g/mol. The van der Waals surface area contributed by atoms with Gasteiger partial charge in [0.15, 0.2) is 0 Å². The van der Waals surface area contributed by atoms with Gasteiger partial charge in [-0.25, -0.2) is 0 Å². The Hall–Kier alpha value is -4.10. The average molecular weight is 546 g/mol. The molecule has 5 aromatic carbocycles. The van der Waals surface area contributed by atoms with Crippen molar-refractivity contribution in [2.75, 3.05) is 0 Å². The molecule has 1 atom stereocenters. The topological polar surface area (TPSA) is 4.41 Å². The van der Waals surface area contributed by atoms with Crippen LogP contribution in [0.5, 0.6) is 0 Å². The number of aromatic nitrogens is 1. The molecule has 7 aromatic rings. The van der Waals surface area contributed by atoms with E-state index in [1.807, 2.05) is 0 Å². The molecule has 0 bridgehead atoms. The van der Waals surface area contributed by atoms with Gasteiger partial charge in [-0.05, 0) is 124 Å². The highest BCUT2D eigenvalue weighted by Gasteiger charge is 2.26. The quantitative estimate of drug-likeness (QED) is 0.208. The van der Waals surface area contributed by atoms with E-state index in [0.717, 1.165) is 6.42 Å². The lowest BCUT2D eigenvalue weighted by molar-refractivity contribution is 0.868. The molecular formula is C41H39N. The Balaban J connectivity index is 1.50. The number of aryl methyl sites for hydroxylation is 2. The Morgan fingerprint density at radius 2 is 1.17 bits per heavy atom. The van der Waals surface area contributed by atoms with E-state index in [1.165, 1.54) is 93.0 Å². The molecule has 2 aromatic heterocycles. The summed E-state index contributed by atoms with van der Waals surface area (Å²) in [5.41, 5.74) is 14.0. The maximum atomic E-state index is 2.59. The molecule has 1 aliphatic rings. The third-order valence-electron chi connectivity index (χ3n) is 10.3. The first-order valence-electron chi connectivity index (χ1n) is 15.7. The van der Waals surface area contributed by atoms with E-state index in [-0.39, 0.29) is 0 Å². The first-order chi connectivity index (χ1) is 20.2. The highest BCUT2D eigenvalue weighted by Crippen LogP contribution is 2.40. The molecule has 0 saturated heterocycles. The summed E-state index contributed by atoms with van der Waals surface area (Å²) >= 11 is 0. The number of nitrogens with zero attached hydrogens (tertiary/aromatic N) is 1. The second-order valence-electron chi connectivity index (χ2n) is 13.6. The van der Waals surface area contributed by atoms with Crippen molar-refractivity contribution >= 4 is 54.9 Å². The van der Waals surface area contributed by atoms with Crippen LogP contribution in [-0.4, -0.2) is 4.40 Å². The van der Waals surface area contributed by atoms with Crippen molar-refractivity contribution in [1.82, 2.24) is 4.40 Å². The molecule has 0 radical (unpaired) electrons. The second-order valence-corrected chi connectivity index (χ2v) is 13.6. The minimum absolute atomic E-state index is 0.353. The van der Waals surface area contributed by atoms with Crippen molar-refractivity contribution < 1.29 is 0 Å². The number of hydrogen-bond donors (Lipinski definition) is 0. The zero-order valence-corrected chi connectivity index (χ0v) is 25.9. The van der Waals surface area contributed by atoms with E-state index in [2.05, 4.69) is 132 Å². The third-order valence-corrected chi connectivity index (χ3v) is 10.3. The normalized spacial score (nSPS) is 15.3. The molecule has 0 fully saturated rings. The molecule has 0 spiro atoms. The Bertz CT molecular complexity index is 2280. The maximum absolute atomic E-state index is 2.59. The van der Waals surface area contributed by atoms with E-state index in [9.17, 15) is 0 Å². The zero-order valence-electron chi connectivity index (χ0n) is 25.9. The predicted molar refractivity (Wildman–Crippen MR) is 182 cm³/mol. The average Bonchev–Trinajstić information content (AvgIpc) is 3.46. The van der Waals surface area contributed by atoms with Gasteiger partial charge >= 0.3 is 0 Å². The van der Waals surface area contributed by atoms with Crippen LogP contribution in [-0.2, 0) is 6.42 Å². The lowest BCUT2D eigenvalue weighted by Gasteiger charge is -2.19. The summed E-state index contributed by atoms with van der Waals surface area (Å²) < 4.78 is 2.58. The molecule has 0 N–H and O–H groups in total. The van der Waals surface area contributed by atoms with Crippen LogP contribution in [0.4, 0.5) is 0 Å². The molecule has 8 rings (SSSR count). The van der Waals surface area contributed by atoms with Crippen molar-refractivity contribution in [1.29, 1.82) is 0 Å². The van der Waals surface area contributed by atoms with Crippen LogP contribution in [0.25, 0.3) is 54.9 Å². The Morgan fingerprint density at radius 1 is 0.619 bits per heavy atom. The zero-order chi connectivity index (χ0) is 29.0. The molecular weight excluding hydrogens is 506 g/mol. The van der Waals surface area contributed by atoms with E-state index in [1.54, 1.807) is 0 Å². The van der Waals surface area contributed by atoms with Crippen molar-refractivity contribution in [3.8, 4) is 0 Å². The van der Waals surface area contributed by atoms with Crippen molar-refractivity contribution in [2.24, 2.45) is 0 Å². The van der Waals surface area contributed by atoms with Crippen LogP contribution in [0.2, 0.25) is 0 Å². The van der Waals surface area contributed by atoms with E-state index < -0.39 is 0 Å². The summed E-state index contributed by atoms with van der Waals surface area (Å²) in [6.45, 7) is 15.9. The Labute approximate surface area is 248 Å². The standard InChI is InChI=1S/C41H39N/c1-22(2)27-8-10-29-20-39-35(16-32(29)14-27)37-18-34(31-12-24(5)26(7)25(6)13-31)19-38-36-17-33-15-28(23(3)4)9-11-30(33)21-40(36)42(39)41(37)38/h8-18,20-23,34H,19H2,1-7H3. The lowest BCUT2D eigenvalue weighted by atomic mass is 9.84. The summed E-state index contributed by atoms with van der Waals surface area (Å²) in [5.74, 6) is 1.39. The minimum Gasteiger partial charge on any atom is -0.308 e. The van der Waals surface area contributed by atoms with Crippen LogP contribution >= 0.6 is 0 Å². The summed E-state index contributed by atoms with van der Waals surface area (Å²) in [4.78, 5) is 0. The molecule has 0 saturated carbocycles. The van der Waals surface area contributed by atoms with Gasteiger partial charge in [0.1, 0.15) is 0 Å². The first-order valence-corrected chi connectivity index (χ1v) is 15.7. The molecule has 1 unspecified atom stereocenters. The van der Waals surface area contributed by atoms with Crippen LogP contribution in [0.3, 0.4) is 0 Å². The van der Waals surface area contributed by atoms with Gasteiger partial charge in [-0.15, -0.1) is 0 Å². The van der Waals surface area contributed by atoms with Crippen molar-refractivity contribution in [3.63, 3.8) is 0 Å². The van der Waals surface area contributed by atoms with Gasteiger partial charge in [0, 0.05) is 21.9 Å².